The molecular weight excluding hydrogens is 331 g/mol. The lowest BCUT2D eigenvalue weighted by molar-refractivity contribution is 0.334. The highest BCUT2D eigenvalue weighted by Crippen LogP contribution is 2.23. The molecule has 1 aromatic heterocycles. The molecule has 94 valence electrons. The van der Waals surface area contributed by atoms with Crippen LogP contribution in [0, 0.1) is 9.49 Å². The Morgan fingerprint density at radius 2 is 2.41 bits per heavy atom. The molecule has 0 aromatic carbocycles. The molecule has 2 rings (SSSR count). The van der Waals surface area contributed by atoms with Gasteiger partial charge in [-0.2, -0.15) is 0 Å². The van der Waals surface area contributed by atoms with Crippen LogP contribution in [0.25, 0.3) is 0 Å². The molecule has 0 saturated heterocycles. The number of anilines is 1. The maximum atomic E-state index is 11.4. The van der Waals surface area contributed by atoms with E-state index in [0.717, 1.165) is 19.4 Å². The molecule has 1 aliphatic carbocycles. The van der Waals surface area contributed by atoms with Crippen LogP contribution in [0.5, 0.6) is 0 Å². The Morgan fingerprint density at radius 3 is 3.18 bits per heavy atom. The van der Waals surface area contributed by atoms with Gasteiger partial charge in [-0.05, 0) is 47.8 Å². The standard InChI is InChI=1S/C11H17IN4O/c12-9-10(15-6-16-11(9)17)14-5-7-2-1-3-8(13)4-7/h6-8H,1-5,13H2,(H2,14,15,16,17). The molecule has 0 amide bonds. The second-order valence-electron chi connectivity index (χ2n) is 4.57. The highest BCUT2D eigenvalue weighted by atomic mass is 127. The van der Waals surface area contributed by atoms with E-state index in [-0.39, 0.29) is 5.56 Å². The van der Waals surface area contributed by atoms with Gasteiger partial charge in [0.15, 0.2) is 0 Å². The van der Waals surface area contributed by atoms with Gasteiger partial charge in [0.2, 0.25) is 0 Å². The van der Waals surface area contributed by atoms with E-state index in [1.54, 1.807) is 0 Å². The molecule has 1 aromatic rings. The van der Waals surface area contributed by atoms with Gasteiger partial charge >= 0.3 is 0 Å². The van der Waals surface area contributed by atoms with E-state index in [9.17, 15) is 4.79 Å². The Kier molecular flexibility index (Phi) is 4.38. The second-order valence-corrected chi connectivity index (χ2v) is 5.65. The first kappa shape index (κ1) is 12.8. The monoisotopic (exact) mass is 348 g/mol. The Hall–Kier alpha value is -0.630. The number of rotatable bonds is 3. The number of nitrogens with zero attached hydrogens (tertiary/aromatic N) is 1. The predicted octanol–water partition coefficient (Wildman–Crippen LogP) is 1.30. The fraction of sp³-hybridized carbons (Fsp3) is 0.636. The van der Waals surface area contributed by atoms with Crippen molar-refractivity contribution in [1.29, 1.82) is 0 Å². The summed E-state index contributed by atoms with van der Waals surface area (Å²) < 4.78 is 0.616. The molecule has 1 heterocycles. The minimum atomic E-state index is -0.0940. The van der Waals surface area contributed by atoms with E-state index >= 15 is 0 Å². The van der Waals surface area contributed by atoms with Crippen LogP contribution in [0.4, 0.5) is 5.82 Å². The summed E-state index contributed by atoms with van der Waals surface area (Å²) in [6, 6.07) is 0.335. The summed E-state index contributed by atoms with van der Waals surface area (Å²) in [6.07, 6.45) is 6.04. The number of H-pyrrole nitrogens is 1. The summed E-state index contributed by atoms with van der Waals surface area (Å²) in [5, 5.41) is 3.25. The molecule has 2 atom stereocenters. The first-order valence-electron chi connectivity index (χ1n) is 5.89. The highest BCUT2D eigenvalue weighted by molar-refractivity contribution is 14.1. The van der Waals surface area contributed by atoms with Gasteiger partial charge in [-0.3, -0.25) is 4.79 Å². The van der Waals surface area contributed by atoms with E-state index in [2.05, 4.69) is 15.3 Å². The Bertz CT molecular complexity index is 434. The third kappa shape index (κ3) is 3.41. The van der Waals surface area contributed by atoms with Crippen LogP contribution in [0.3, 0.4) is 0 Å². The number of hydrogen-bond donors (Lipinski definition) is 3. The van der Waals surface area contributed by atoms with Gasteiger partial charge in [0.25, 0.3) is 5.56 Å². The lowest BCUT2D eigenvalue weighted by Crippen LogP contribution is -2.31. The molecule has 0 radical (unpaired) electrons. The zero-order chi connectivity index (χ0) is 12.3. The molecule has 1 saturated carbocycles. The maximum Gasteiger partial charge on any atom is 0.266 e. The number of aromatic nitrogens is 2. The van der Waals surface area contributed by atoms with Gasteiger partial charge in [-0.25, -0.2) is 4.98 Å². The maximum absolute atomic E-state index is 11.4. The minimum absolute atomic E-state index is 0.0940. The summed E-state index contributed by atoms with van der Waals surface area (Å²) in [5.41, 5.74) is 5.85. The molecule has 1 fully saturated rings. The van der Waals surface area contributed by atoms with Crippen molar-refractivity contribution in [2.45, 2.75) is 31.7 Å². The normalized spacial score (nSPS) is 24.6. The van der Waals surface area contributed by atoms with Crippen LogP contribution < -0.4 is 16.6 Å². The molecule has 2 unspecified atom stereocenters. The molecule has 5 nitrogen and oxygen atoms in total. The quantitative estimate of drug-likeness (QED) is 0.719. The zero-order valence-corrected chi connectivity index (χ0v) is 11.7. The molecule has 6 heteroatoms. The molecule has 1 aliphatic rings. The van der Waals surface area contributed by atoms with Crippen LogP contribution in [-0.4, -0.2) is 22.6 Å². The van der Waals surface area contributed by atoms with Gasteiger partial charge in [0.05, 0.1) is 6.33 Å². The third-order valence-corrected chi connectivity index (χ3v) is 4.18. The van der Waals surface area contributed by atoms with Gasteiger partial charge in [0, 0.05) is 12.6 Å². The summed E-state index contributed by atoms with van der Waals surface area (Å²) in [7, 11) is 0. The van der Waals surface area contributed by atoms with E-state index < -0.39 is 0 Å². The smallest absolute Gasteiger partial charge is 0.266 e. The molecular formula is C11H17IN4O. The van der Waals surface area contributed by atoms with Crippen molar-refractivity contribution in [3.63, 3.8) is 0 Å². The summed E-state index contributed by atoms with van der Waals surface area (Å²) >= 11 is 2.01. The highest BCUT2D eigenvalue weighted by Gasteiger charge is 2.19. The van der Waals surface area contributed by atoms with Crippen molar-refractivity contribution in [3.8, 4) is 0 Å². The molecule has 17 heavy (non-hydrogen) atoms. The van der Waals surface area contributed by atoms with Crippen molar-refractivity contribution >= 4 is 28.4 Å². The summed E-state index contributed by atoms with van der Waals surface area (Å²) in [4.78, 5) is 18.1. The van der Waals surface area contributed by atoms with Crippen molar-refractivity contribution in [3.05, 3.63) is 20.3 Å². The van der Waals surface area contributed by atoms with Gasteiger partial charge in [-0.15, -0.1) is 0 Å². The van der Waals surface area contributed by atoms with Gasteiger partial charge in [-0.1, -0.05) is 6.42 Å². The lowest BCUT2D eigenvalue weighted by atomic mass is 9.86. The molecule has 0 aliphatic heterocycles. The first-order chi connectivity index (χ1) is 8.16. The predicted molar refractivity (Wildman–Crippen MR) is 76.0 cm³/mol. The van der Waals surface area contributed by atoms with Crippen LogP contribution in [0.1, 0.15) is 25.7 Å². The van der Waals surface area contributed by atoms with Crippen LogP contribution in [-0.2, 0) is 0 Å². The fourth-order valence-corrected chi connectivity index (χ4v) is 2.75. The van der Waals surface area contributed by atoms with Crippen molar-refractivity contribution in [2.75, 3.05) is 11.9 Å². The zero-order valence-electron chi connectivity index (χ0n) is 9.58. The van der Waals surface area contributed by atoms with Crippen LogP contribution >= 0.6 is 22.6 Å². The van der Waals surface area contributed by atoms with Crippen molar-refractivity contribution in [1.82, 2.24) is 9.97 Å². The first-order valence-corrected chi connectivity index (χ1v) is 6.97. The Labute approximate surface area is 114 Å². The number of hydrogen-bond acceptors (Lipinski definition) is 4. The van der Waals surface area contributed by atoms with E-state index in [4.69, 9.17) is 5.73 Å². The lowest BCUT2D eigenvalue weighted by Gasteiger charge is -2.26. The Balaban J connectivity index is 1.93. The van der Waals surface area contributed by atoms with Gasteiger partial charge < -0.3 is 16.0 Å². The van der Waals surface area contributed by atoms with E-state index in [0.29, 0.717) is 21.3 Å². The Morgan fingerprint density at radius 1 is 1.59 bits per heavy atom. The van der Waals surface area contributed by atoms with Crippen molar-refractivity contribution in [2.24, 2.45) is 11.7 Å². The number of aromatic amines is 1. The fourth-order valence-electron chi connectivity index (χ4n) is 2.27. The van der Waals surface area contributed by atoms with Crippen LogP contribution in [0.15, 0.2) is 11.1 Å². The number of nitrogens with one attached hydrogen (secondary N) is 2. The number of nitrogens with two attached hydrogens (primary N) is 1. The van der Waals surface area contributed by atoms with E-state index in [1.807, 2.05) is 22.6 Å². The van der Waals surface area contributed by atoms with Crippen molar-refractivity contribution < 1.29 is 0 Å². The van der Waals surface area contributed by atoms with Gasteiger partial charge in [0.1, 0.15) is 9.39 Å². The minimum Gasteiger partial charge on any atom is -0.369 e. The average molecular weight is 348 g/mol. The summed E-state index contributed by atoms with van der Waals surface area (Å²) in [5.74, 6) is 1.27. The number of halogens is 1. The molecule has 4 N–H and O–H groups in total. The third-order valence-electron chi connectivity index (χ3n) is 3.18. The largest absolute Gasteiger partial charge is 0.369 e. The summed E-state index contributed by atoms with van der Waals surface area (Å²) in [6.45, 7) is 0.847. The SMILES string of the molecule is NC1CCCC(CNc2nc[nH]c(=O)c2I)C1. The van der Waals surface area contributed by atoms with Crippen LogP contribution in [0.2, 0.25) is 0 Å². The topological polar surface area (TPSA) is 83.8 Å². The molecule has 0 spiro atoms. The average Bonchev–Trinajstić information content (AvgIpc) is 2.31. The molecule has 0 bridgehead atoms. The second kappa shape index (κ2) is 5.81. The van der Waals surface area contributed by atoms with E-state index in [1.165, 1.54) is 19.2 Å².